The monoisotopic (exact) mass is 187 g/mol. The molecule has 0 spiro atoms. The number of carbonyl (C=O) groups is 1. The maximum absolute atomic E-state index is 10.4. The highest BCUT2D eigenvalue weighted by Gasteiger charge is 2.25. The van der Waals surface area contributed by atoms with Crippen LogP contribution in [0.2, 0.25) is 0 Å². The number of nitrogens with two attached hydrogens (primary N) is 1. The van der Waals surface area contributed by atoms with E-state index in [-0.39, 0.29) is 0 Å². The van der Waals surface area contributed by atoms with Crippen LogP contribution in [-0.4, -0.2) is 11.7 Å². The van der Waals surface area contributed by atoms with Crippen LogP contribution in [-0.2, 0) is 4.74 Å². The zero-order chi connectivity index (χ0) is 9.61. The summed E-state index contributed by atoms with van der Waals surface area (Å²) in [6, 6.07) is 0. The average molecular weight is 188 g/mol. The first-order chi connectivity index (χ1) is 5.60. The van der Waals surface area contributed by atoms with E-state index in [1.54, 1.807) is 6.92 Å². The van der Waals surface area contributed by atoms with Gasteiger partial charge in [0.25, 0.3) is 0 Å². The van der Waals surface area contributed by atoms with E-state index in [2.05, 4.69) is 5.92 Å². The molecule has 1 amide bonds. The predicted octanol–water partition coefficient (Wildman–Crippen LogP) is 1.62. The van der Waals surface area contributed by atoms with Gasteiger partial charge in [0.15, 0.2) is 5.60 Å². The van der Waals surface area contributed by atoms with Gasteiger partial charge in [-0.25, -0.2) is 4.79 Å². The van der Waals surface area contributed by atoms with E-state index in [1.165, 1.54) is 11.6 Å². The number of amides is 1. The first kappa shape index (κ1) is 10.9. The SMILES string of the molecule is C#CC(/C=C/Cl)(CC)OC(N)=O. The highest BCUT2D eigenvalue weighted by molar-refractivity contribution is 6.25. The van der Waals surface area contributed by atoms with Crippen LogP contribution in [0.25, 0.3) is 0 Å². The Morgan fingerprint density at radius 3 is 2.75 bits per heavy atom. The Kier molecular flexibility index (Phi) is 4.24. The van der Waals surface area contributed by atoms with Crippen LogP contribution in [0.5, 0.6) is 0 Å². The number of hydrogen-bond donors (Lipinski definition) is 1. The first-order valence-corrected chi connectivity index (χ1v) is 3.78. The fraction of sp³-hybridized carbons (Fsp3) is 0.375. The molecular weight excluding hydrogens is 178 g/mol. The van der Waals surface area contributed by atoms with Gasteiger partial charge in [-0.15, -0.1) is 6.42 Å². The number of hydrogen-bond acceptors (Lipinski definition) is 2. The highest BCUT2D eigenvalue weighted by Crippen LogP contribution is 2.17. The Hall–Kier alpha value is -1.14. The molecule has 3 nitrogen and oxygen atoms in total. The van der Waals surface area contributed by atoms with Gasteiger partial charge in [0.05, 0.1) is 0 Å². The Balaban J connectivity index is 4.60. The Morgan fingerprint density at radius 2 is 2.50 bits per heavy atom. The van der Waals surface area contributed by atoms with Gasteiger partial charge >= 0.3 is 6.09 Å². The van der Waals surface area contributed by atoms with Crippen molar-refractivity contribution >= 4 is 17.7 Å². The third kappa shape index (κ3) is 2.85. The maximum Gasteiger partial charge on any atom is 0.406 e. The molecule has 0 bridgehead atoms. The molecule has 4 heteroatoms. The van der Waals surface area contributed by atoms with Crippen molar-refractivity contribution < 1.29 is 9.53 Å². The minimum atomic E-state index is -1.10. The van der Waals surface area contributed by atoms with Gasteiger partial charge in [-0.3, -0.25) is 0 Å². The summed E-state index contributed by atoms with van der Waals surface area (Å²) in [6.07, 6.45) is 6.08. The highest BCUT2D eigenvalue weighted by atomic mass is 35.5. The van der Waals surface area contributed by atoms with Gasteiger partial charge < -0.3 is 10.5 Å². The van der Waals surface area contributed by atoms with E-state index < -0.39 is 11.7 Å². The lowest BCUT2D eigenvalue weighted by atomic mass is 10.0. The molecule has 0 saturated heterocycles. The second-order valence-corrected chi connectivity index (χ2v) is 2.35. The lowest BCUT2D eigenvalue weighted by molar-refractivity contribution is 0.0902. The smallest absolute Gasteiger partial charge is 0.406 e. The van der Waals surface area contributed by atoms with Crippen LogP contribution >= 0.6 is 11.6 Å². The molecule has 12 heavy (non-hydrogen) atoms. The van der Waals surface area contributed by atoms with E-state index in [0.717, 1.165) is 0 Å². The molecule has 2 N–H and O–H groups in total. The zero-order valence-corrected chi connectivity index (χ0v) is 7.47. The fourth-order valence-corrected chi connectivity index (χ4v) is 0.888. The minimum absolute atomic E-state index is 0.426. The van der Waals surface area contributed by atoms with Gasteiger partial charge in [-0.05, 0) is 12.5 Å². The third-order valence-electron chi connectivity index (χ3n) is 1.38. The number of primary amides is 1. The van der Waals surface area contributed by atoms with Gasteiger partial charge in [-0.2, -0.15) is 0 Å². The van der Waals surface area contributed by atoms with Crippen LogP contribution in [0, 0.1) is 12.3 Å². The molecule has 0 aromatic carbocycles. The van der Waals surface area contributed by atoms with E-state index in [0.29, 0.717) is 6.42 Å². The van der Waals surface area contributed by atoms with Crippen LogP contribution in [0.3, 0.4) is 0 Å². The molecule has 0 aliphatic carbocycles. The Bertz CT molecular complexity index is 232. The second kappa shape index (κ2) is 4.68. The fourth-order valence-electron chi connectivity index (χ4n) is 0.685. The first-order valence-electron chi connectivity index (χ1n) is 3.34. The summed E-state index contributed by atoms with van der Waals surface area (Å²) in [7, 11) is 0. The Morgan fingerprint density at radius 1 is 1.92 bits per heavy atom. The summed E-state index contributed by atoms with van der Waals surface area (Å²) in [4.78, 5) is 10.4. The standard InChI is InChI=1S/C8H10ClNO2/c1-3-8(4-2,5-6-9)12-7(10)11/h1,5-6H,4H2,2H3,(H2,10,11)/b6-5+. The van der Waals surface area contributed by atoms with Crippen molar-refractivity contribution in [1.29, 1.82) is 0 Å². The van der Waals surface area contributed by atoms with E-state index in [1.807, 2.05) is 0 Å². The summed E-state index contributed by atoms with van der Waals surface area (Å²) in [5.74, 6) is 2.30. The van der Waals surface area contributed by atoms with E-state index in [4.69, 9.17) is 28.5 Å². The summed E-state index contributed by atoms with van der Waals surface area (Å²) >= 11 is 5.32. The van der Waals surface area contributed by atoms with Crippen molar-refractivity contribution in [3.8, 4) is 12.3 Å². The van der Waals surface area contributed by atoms with Crippen molar-refractivity contribution in [1.82, 2.24) is 0 Å². The Labute approximate surface area is 76.5 Å². The summed E-state index contributed by atoms with van der Waals surface area (Å²) in [6.45, 7) is 1.76. The predicted molar refractivity (Wildman–Crippen MR) is 47.5 cm³/mol. The van der Waals surface area contributed by atoms with Crippen molar-refractivity contribution in [3.63, 3.8) is 0 Å². The average Bonchev–Trinajstić information content (AvgIpc) is 2.03. The van der Waals surface area contributed by atoms with Crippen molar-refractivity contribution in [2.75, 3.05) is 0 Å². The number of carbonyl (C=O) groups excluding carboxylic acids is 1. The molecule has 0 aromatic rings. The van der Waals surface area contributed by atoms with Gasteiger partial charge in [0, 0.05) is 5.54 Å². The van der Waals surface area contributed by atoms with Gasteiger partial charge in [-0.1, -0.05) is 24.4 Å². The molecule has 0 rings (SSSR count). The van der Waals surface area contributed by atoms with Crippen molar-refractivity contribution in [2.24, 2.45) is 5.73 Å². The van der Waals surface area contributed by atoms with Crippen LogP contribution in [0.4, 0.5) is 4.79 Å². The molecule has 0 fully saturated rings. The molecule has 0 aromatic heterocycles. The van der Waals surface area contributed by atoms with Crippen LogP contribution in [0.15, 0.2) is 11.6 Å². The lowest BCUT2D eigenvalue weighted by Crippen LogP contribution is -2.33. The van der Waals surface area contributed by atoms with Crippen molar-refractivity contribution in [2.45, 2.75) is 18.9 Å². The lowest BCUT2D eigenvalue weighted by Gasteiger charge is -2.21. The second-order valence-electron chi connectivity index (χ2n) is 2.10. The molecule has 0 heterocycles. The number of rotatable bonds is 3. The minimum Gasteiger partial charge on any atom is -0.426 e. The molecule has 0 radical (unpaired) electrons. The van der Waals surface area contributed by atoms with Crippen LogP contribution in [0.1, 0.15) is 13.3 Å². The summed E-state index contributed by atoms with van der Waals surface area (Å²) in [5.41, 5.74) is 4.92. The quantitative estimate of drug-likeness (QED) is 0.683. The molecule has 0 aliphatic heterocycles. The largest absolute Gasteiger partial charge is 0.426 e. The molecule has 1 unspecified atom stereocenters. The van der Waals surface area contributed by atoms with Gasteiger partial charge in [0.1, 0.15) is 0 Å². The number of halogens is 1. The molecule has 66 valence electrons. The molecule has 0 aliphatic rings. The summed E-state index contributed by atoms with van der Waals surface area (Å²) < 4.78 is 4.71. The van der Waals surface area contributed by atoms with Gasteiger partial charge in [0.2, 0.25) is 0 Å². The topological polar surface area (TPSA) is 52.3 Å². The normalized spacial score (nSPS) is 15.1. The summed E-state index contributed by atoms with van der Waals surface area (Å²) in [5, 5.41) is 0. The van der Waals surface area contributed by atoms with Crippen molar-refractivity contribution in [3.05, 3.63) is 11.6 Å². The van der Waals surface area contributed by atoms with E-state index in [9.17, 15) is 4.79 Å². The zero-order valence-electron chi connectivity index (χ0n) is 6.71. The maximum atomic E-state index is 10.4. The number of terminal acetylenes is 1. The molecular formula is C8H10ClNO2. The third-order valence-corrected chi connectivity index (χ3v) is 1.51. The van der Waals surface area contributed by atoms with E-state index >= 15 is 0 Å². The van der Waals surface area contributed by atoms with Crippen LogP contribution < -0.4 is 5.73 Å². The molecule has 1 atom stereocenters. The molecule has 0 saturated carbocycles. The number of ether oxygens (including phenoxy) is 1.